The SMILES string of the molecule is CC(c1ccccc1)[C@@]1(n2cnc3c(N)ncnc32)O[C@H](CO)[C@@H](O)[C@H]1O. The van der Waals surface area contributed by atoms with E-state index in [9.17, 15) is 15.3 Å². The molecule has 0 amide bonds. The molecule has 0 bridgehead atoms. The Bertz CT molecular complexity index is 949. The number of aliphatic hydroxyl groups is 3. The Kier molecular flexibility index (Phi) is 4.31. The van der Waals surface area contributed by atoms with Gasteiger partial charge in [0, 0.05) is 5.92 Å². The number of nitrogen functional groups attached to an aromatic ring is 1. The van der Waals surface area contributed by atoms with Crippen LogP contribution in [0.4, 0.5) is 5.82 Å². The van der Waals surface area contributed by atoms with Crippen LogP contribution in [0, 0.1) is 0 Å². The van der Waals surface area contributed by atoms with E-state index in [0.29, 0.717) is 11.2 Å². The van der Waals surface area contributed by atoms with E-state index < -0.39 is 36.6 Å². The lowest BCUT2D eigenvalue weighted by Gasteiger charge is -2.39. The van der Waals surface area contributed by atoms with E-state index in [1.165, 1.54) is 12.7 Å². The quantitative estimate of drug-likeness (QED) is 0.502. The Balaban J connectivity index is 1.95. The van der Waals surface area contributed by atoms with Gasteiger partial charge in [0.2, 0.25) is 0 Å². The number of aromatic nitrogens is 4. The fourth-order valence-corrected chi connectivity index (χ4v) is 3.83. The molecule has 1 saturated heterocycles. The zero-order valence-corrected chi connectivity index (χ0v) is 14.7. The Morgan fingerprint density at radius 1 is 1.22 bits per heavy atom. The summed E-state index contributed by atoms with van der Waals surface area (Å²) in [4.78, 5) is 12.5. The van der Waals surface area contributed by atoms with Crippen LogP contribution in [0.25, 0.3) is 11.2 Å². The number of nitrogens with zero attached hydrogens (tertiary/aromatic N) is 4. The number of ether oxygens (including phenoxy) is 1. The highest BCUT2D eigenvalue weighted by molar-refractivity contribution is 5.81. The number of rotatable bonds is 4. The summed E-state index contributed by atoms with van der Waals surface area (Å²) in [7, 11) is 0. The molecule has 0 spiro atoms. The molecule has 0 radical (unpaired) electrons. The van der Waals surface area contributed by atoms with Gasteiger partial charge in [-0.25, -0.2) is 15.0 Å². The molecule has 0 aliphatic carbocycles. The minimum absolute atomic E-state index is 0.202. The average molecular weight is 371 g/mol. The highest BCUT2D eigenvalue weighted by Crippen LogP contribution is 2.47. The molecule has 1 fully saturated rings. The van der Waals surface area contributed by atoms with Crippen molar-refractivity contribution in [1.82, 2.24) is 19.5 Å². The van der Waals surface area contributed by atoms with Crippen molar-refractivity contribution in [3.05, 3.63) is 48.5 Å². The minimum Gasteiger partial charge on any atom is -0.394 e. The fraction of sp³-hybridized carbons (Fsp3) is 0.389. The molecule has 1 unspecified atom stereocenters. The van der Waals surface area contributed by atoms with Gasteiger partial charge in [0.05, 0.1) is 12.9 Å². The number of nitrogens with two attached hydrogens (primary N) is 1. The maximum absolute atomic E-state index is 11.0. The van der Waals surface area contributed by atoms with Crippen molar-refractivity contribution in [3.63, 3.8) is 0 Å². The third-order valence-electron chi connectivity index (χ3n) is 5.31. The van der Waals surface area contributed by atoms with Crippen molar-refractivity contribution in [2.24, 2.45) is 0 Å². The maximum Gasteiger partial charge on any atom is 0.183 e. The van der Waals surface area contributed by atoms with Crippen molar-refractivity contribution >= 4 is 17.0 Å². The van der Waals surface area contributed by atoms with Crippen LogP contribution in [0.5, 0.6) is 0 Å². The topological polar surface area (TPSA) is 140 Å². The van der Waals surface area contributed by atoms with Crippen molar-refractivity contribution in [2.75, 3.05) is 12.3 Å². The first-order valence-corrected chi connectivity index (χ1v) is 8.64. The first-order valence-electron chi connectivity index (χ1n) is 8.64. The second kappa shape index (κ2) is 6.54. The summed E-state index contributed by atoms with van der Waals surface area (Å²) in [5.41, 5.74) is 6.08. The molecule has 4 rings (SSSR count). The van der Waals surface area contributed by atoms with Gasteiger partial charge in [-0.1, -0.05) is 37.3 Å². The molecule has 1 aliphatic heterocycles. The number of fused-ring (bicyclic) bond motifs is 1. The molecule has 3 aromatic rings. The van der Waals surface area contributed by atoms with Crippen molar-refractivity contribution < 1.29 is 20.1 Å². The second-order valence-electron chi connectivity index (χ2n) is 6.70. The molecule has 2 aromatic heterocycles. The van der Waals surface area contributed by atoms with Gasteiger partial charge >= 0.3 is 0 Å². The van der Waals surface area contributed by atoms with Crippen molar-refractivity contribution in [1.29, 1.82) is 0 Å². The molecule has 5 N–H and O–H groups in total. The summed E-state index contributed by atoms with van der Waals surface area (Å²) in [6.45, 7) is 1.44. The molecule has 9 heteroatoms. The van der Waals surface area contributed by atoms with Crippen LogP contribution in [0.1, 0.15) is 18.4 Å². The van der Waals surface area contributed by atoms with Gasteiger partial charge in [0.1, 0.15) is 30.2 Å². The van der Waals surface area contributed by atoms with E-state index in [1.807, 2.05) is 37.3 Å². The lowest BCUT2D eigenvalue weighted by atomic mass is 9.85. The number of hydrogen-bond acceptors (Lipinski definition) is 8. The zero-order valence-electron chi connectivity index (χ0n) is 14.7. The first kappa shape index (κ1) is 17.8. The molecule has 9 nitrogen and oxygen atoms in total. The largest absolute Gasteiger partial charge is 0.394 e. The summed E-state index contributed by atoms with van der Waals surface area (Å²) in [6.07, 6.45) is -0.804. The summed E-state index contributed by atoms with van der Waals surface area (Å²) >= 11 is 0. The number of aliphatic hydroxyl groups excluding tert-OH is 3. The Hall–Kier alpha value is -2.59. The normalized spacial score (nSPS) is 29.3. The summed E-state index contributed by atoms with van der Waals surface area (Å²) < 4.78 is 7.67. The van der Waals surface area contributed by atoms with E-state index in [1.54, 1.807) is 4.57 Å². The maximum atomic E-state index is 11.0. The van der Waals surface area contributed by atoms with Crippen LogP contribution in [0.15, 0.2) is 43.0 Å². The molecule has 5 atom stereocenters. The number of imidazole rings is 1. The Labute approximate surface area is 155 Å². The van der Waals surface area contributed by atoms with E-state index in [0.717, 1.165) is 5.56 Å². The summed E-state index contributed by atoms with van der Waals surface area (Å²) in [5.74, 6) is -0.207. The van der Waals surface area contributed by atoms with Gasteiger partial charge in [0.15, 0.2) is 17.2 Å². The number of hydrogen-bond donors (Lipinski definition) is 4. The van der Waals surface area contributed by atoms with Gasteiger partial charge in [0.25, 0.3) is 0 Å². The van der Waals surface area contributed by atoms with Crippen LogP contribution in [0.2, 0.25) is 0 Å². The lowest BCUT2D eigenvalue weighted by Crippen LogP contribution is -2.49. The fourth-order valence-electron chi connectivity index (χ4n) is 3.83. The van der Waals surface area contributed by atoms with E-state index in [2.05, 4.69) is 15.0 Å². The molecule has 1 aromatic carbocycles. The van der Waals surface area contributed by atoms with Gasteiger partial charge in [-0.3, -0.25) is 4.57 Å². The van der Waals surface area contributed by atoms with E-state index in [4.69, 9.17) is 10.5 Å². The highest BCUT2D eigenvalue weighted by Gasteiger charge is 2.59. The Morgan fingerprint density at radius 3 is 2.63 bits per heavy atom. The van der Waals surface area contributed by atoms with Crippen LogP contribution in [-0.2, 0) is 10.5 Å². The Morgan fingerprint density at radius 2 is 1.96 bits per heavy atom. The van der Waals surface area contributed by atoms with Crippen LogP contribution in [0.3, 0.4) is 0 Å². The smallest absolute Gasteiger partial charge is 0.183 e. The molecular weight excluding hydrogens is 350 g/mol. The molecule has 3 heterocycles. The molecule has 142 valence electrons. The van der Waals surface area contributed by atoms with E-state index >= 15 is 0 Å². The van der Waals surface area contributed by atoms with E-state index in [-0.39, 0.29) is 5.82 Å². The van der Waals surface area contributed by atoms with Crippen LogP contribution >= 0.6 is 0 Å². The van der Waals surface area contributed by atoms with Gasteiger partial charge in [-0.2, -0.15) is 0 Å². The molecule has 27 heavy (non-hydrogen) atoms. The summed E-state index contributed by atoms with van der Waals surface area (Å²) in [6, 6.07) is 9.47. The van der Waals surface area contributed by atoms with Crippen molar-refractivity contribution in [2.45, 2.75) is 36.9 Å². The second-order valence-corrected chi connectivity index (χ2v) is 6.70. The number of benzene rings is 1. The minimum atomic E-state index is -1.44. The first-order chi connectivity index (χ1) is 13.0. The lowest BCUT2D eigenvalue weighted by molar-refractivity contribution is -0.159. The van der Waals surface area contributed by atoms with Crippen molar-refractivity contribution in [3.8, 4) is 0 Å². The zero-order chi connectivity index (χ0) is 19.2. The van der Waals surface area contributed by atoms with Gasteiger partial charge in [-0.05, 0) is 5.56 Å². The molecular formula is C18H21N5O4. The third-order valence-corrected chi connectivity index (χ3v) is 5.31. The van der Waals surface area contributed by atoms with Crippen LogP contribution in [-0.4, -0.2) is 59.8 Å². The van der Waals surface area contributed by atoms with Crippen LogP contribution < -0.4 is 5.73 Å². The number of anilines is 1. The van der Waals surface area contributed by atoms with Gasteiger partial charge in [-0.15, -0.1) is 0 Å². The predicted molar refractivity (Wildman–Crippen MR) is 96.5 cm³/mol. The average Bonchev–Trinajstić information content (AvgIpc) is 3.24. The summed E-state index contributed by atoms with van der Waals surface area (Å²) in [5, 5.41) is 31.1. The third kappa shape index (κ3) is 2.51. The molecule has 0 saturated carbocycles. The highest BCUT2D eigenvalue weighted by atomic mass is 16.6. The predicted octanol–water partition coefficient (Wildman–Crippen LogP) is -0.0221. The van der Waals surface area contributed by atoms with Gasteiger partial charge < -0.3 is 25.8 Å². The molecule has 1 aliphatic rings. The monoisotopic (exact) mass is 371 g/mol. The standard InChI is InChI=1S/C18H21N5O4/c1-10(11-5-3-2-4-6-11)18(15(26)14(25)12(7-24)27-18)23-9-22-13-16(19)20-8-21-17(13)23/h2-6,8-10,12,14-15,24-26H,7H2,1H3,(H2,19,20,21)/t10?,12-,14-,15-,18-/m1/s1.